The molecule has 1 aromatic heterocycles. The van der Waals surface area contributed by atoms with Gasteiger partial charge in [0.15, 0.2) is 0 Å². The molecule has 0 aromatic carbocycles. The Labute approximate surface area is 97.4 Å². The van der Waals surface area contributed by atoms with E-state index in [0.29, 0.717) is 12.5 Å². The topological polar surface area (TPSA) is 47.3 Å². The Morgan fingerprint density at radius 1 is 1.50 bits per heavy atom. The van der Waals surface area contributed by atoms with Crippen molar-refractivity contribution in [2.45, 2.75) is 33.7 Å². The van der Waals surface area contributed by atoms with E-state index in [1.54, 1.807) is 6.20 Å². The van der Waals surface area contributed by atoms with Crippen LogP contribution >= 0.6 is 0 Å². The average Bonchev–Trinajstić information content (AvgIpc) is 2.70. The molecule has 1 heterocycles. The van der Waals surface area contributed by atoms with Gasteiger partial charge in [-0.1, -0.05) is 20.8 Å². The van der Waals surface area contributed by atoms with Crippen LogP contribution in [-0.4, -0.2) is 24.7 Å². The molecule has 0 radical (unpaired) electrons. The normalized spacial score (nSPS) is 11.2. The molecule has 0 aliphatic heterocycles. The summed E-state index contributed by atoms with van der Waals surface area (Å²) < 4.78 is 10.9. The smallest absolute Gasteiger partial charge is 0.208 e. The SMILES string of the molecule is CCc1cnc(CNCCOCC(C)C)o1. The predicted molar refractivity (Wildman–Crippen MR) is 63.2 cm³/mol. The minimum Gasteiger partial charge on any atom is -0.444 e. The fourth-order valence-corrected chi connectivity index (χ4v) is 1.25. The first kappa shape index (κ1) is 13.2. The van der Waals surface area contributed by atoms with E-state index in [4.69, 9.17) is 9.15 Å². The highest BCUT2D eigenvalue weighted by molar-refractivity contribution is 4.93. The summed E-state index contributed by atoms with van der Waals surface area (Å²) in [6.07, 6.45) is 2.68. The molecule has 0 aliphatic rings. The quantitative estimate of drug-likeness (QED) is 0.689. The third kappa shape index (κ3) is 5.28. The Kier molecular flexibility index (Phi) is 6.11. The molecule has 16 heavy (non-hydrogen) atoms. The molecule has 0 amide bonds. The van der Waals surface area contributed by atoms with Gasteiger partial charge in [0.2, 0.25) is 5.89 Å². The third-order valence-corrected chi connectivity index (χ3v) is 2.10. The van der Waals surface area contributed by atoms with Crippen molar-refractivity contribution in [1.82, 2.24) is 10.3 Å². The molecule has 0 atom stereocenters. The molecule has 0 unspecified atom stereocenters. The number of hydrogen-bond donors (Lipinski definition) is 1. The van der Waals surface area contributed by atoms with Crippen LogP contribution < -0.4 is 5.32 Å². The number of oxazole rings is 1. The summed E-state index contributed by atoms with van der Waals surface area (Å²) in [6, 6.07) is 0. The number of ether oxygens (including phenoxy) is 1. The van der Waals surface area contributed by atoms with Crippen molar-refractivity contribution in [1.29, 1.82) is 0 Å². The highest BCUT2D eigenvalue weighted by Crippen LogP contribution is 2.03. The number of aromatic nitrogens is 1. The van der Waals surface area contributed by atoms with Gasteiger partial charge in [0.1, 0.15) is 5.76 Å². The van der Waals surface area contributed by atoms with Gasteiger partial charge in [-0.2, -0.15) is 0 Å². The molecule has 0 bridgehead atoms. The van der Waals surface area contributed by atoms with Crippen LogP contribution in [0.5, 0.6) is 0 Å². The molecular weight excluding hydrogens is 204 g/mol. The molecule has 0 saturated carbocycles. The molecule has 1 N–H and O–H groups in total. The van der Waals surface area contributed by atoms with E-state index >= 15 is 0 Å². The zero-order valence-corrected chi connectivity index (χ0v) is 10.5. The summed E-state index contributed by atoms with van der Waals surface area (Å²) in [7, 11) is 0. The fraction of sp³-hybridized carbons (Fsp3) is 0.750. The van der Waals surface area contributed by atoms with Gasteiger partial charge in [-0.25, -0.2) is 4.98 Å². The molecule has 4 heteroatoms. The van der Waals surface area contributed by atoms with Crippen LogP contribution in [0.25, 0.3) is 0 Å². The lowest BCUT2D eigenvalue weighted by atomic mass is 10.2. The van der Waals surface area contributed by atoms with Crippen LogP contribution in [0.2, 0.25) is 0 Å². The van der Waals surface area contributed by atoms with Gasteiger partial charge in [-0.15, -0.1) is 0 Å². The second kappa shape index (κ2) is 7.41. The van der Waals surface area contributed by atoms with Gasteiger partial charge in [-0.3, -0.25) is 0 Å². The van der Waals surface area contributed by atoms with Crippen molar-refractivity contribution in [3.05, 3.63) is 17.8 Å². The summed E-state index contributed by atoms with van der Waals surface area (Å²) in [5.41, 5.74) is 0. The lowest BCUT2D eigenvalue weighted by molar-refractivity contribution is 0.111. The van der Waals surface area contributed by atoms with Gasteiger partial charge in [0.25, 0.3) is 0 Å². The van der Waals surface area contributed by atoms with Crippen molar-refractivity contribution in [3.8, 4) is 0 Å². The molecule has 0 spiro atoms. The molecule has 4 nitrogen and oxygen atoms in total. The molecular formula is C12H22N2O2. The van der Waals surface area contributed by atoms with E-state index in [-0.39, 0.29) is 0 Å². The van der Waals surface area contributed by atoms with Crippen molar-refractivity contribution in [3.63, 3.8) is 0 Å². The second-order valence-corrected chi connectivity index (χ2v) is 4.22. The number of hydrogen-bond acceptors (Lipinski definition) is 4. The first-order valence-electron chi connectivity index (χ1n) is 5.94. The summed E-state index contributed by atoms with van der Waals surface area (Å²) in [6.45, 7) is 9.40. The maximum Gasteiger partial charge on any atom is 0.208 e. The van der Waals surface area contributed by atoms with Crippen LogP contribution in [0.4, 0.5) is 0 Å². The summed E-state index contributed by atoms with van der Waals surface area (Å²) in [5, 5.41) is 3.23. The number of aryl methyl sites for hydroxylation is 1. The molecule has 92 valence electrons. The summed E-state index contributed by atoms with van der Waals surface area (Å²) >= 11 is 0. The Hall–Kier alpha value is -0.870. The lowest BCUT2D eigenvalue weighted by Gasteiger charge is -2.06. The minimum absolute atomic E-state index is 0.596. The number of nitrogens with zero attached hydrogens (tertiary/aromatic N) is 1. The number of nitrogens with one attached hydrogen (secondary N) is 1. The molecule has 0 fully saturated rings. The van der Waals surface area contributed by atoms with E-state index in [1.165, 1.54) is 0 Å². The summed E-state index contributed by atoms with van der Waals surface area (Å²) in [5.74, 6) is 2.28. The van der Waals surface area contributed by atoms with Crippen LogP contribution in [0.15, 0.2) is 10.6 Å². The minimum atomic E-state index is 0.596. The Bertz CT molecular complexity index is 284. The van der Waals surface area contributed by atoms with E-state index in [9.17, 15) is 0 Å². The van der Waals surface area contributed by atoms with E-state index in [2.05, 4.69) is 31.1 Å². The zero-order chi connectivity index (χ0) is 11.8. The largest absolute Gasteiger partial charge is 0.444 e. The zero-order valence-electron chi connectivity index (χ0n) is 10.5. The Morgan fingerprint density at radius 2 is 2.31 bits per heavy atom. The monoisotopic (exact) mass is 226 g/mol. The van der Waals surface area contributed by atoms with Gasteiger partial charge < -0.3 is 14.5 Å². The first-order chi connectivity index (χ1) is 7.72. The van der Waals surface area contributed by atoms with Crippen LogP contribution in [0.1, 0.15) is 32.4 Å². The number of rotatable bonds is 8. The van der Waals surface area contributed by atoms with Crippen molar-refractivity contribution >= 4 is 0 Å². The molecule has 0 aliphatic carbocycles. The maximum atomic E-state index is 5.46. The first-order valence-corrected chi connectivity index (χ1v) is 5.94. The van der Waals surface area contributed by atoms with Crippen LogP contribution in [0.3, 0.4) is 0 Å². The highest BCUT2D eigenvalue weighted by Gasteiger charge is 2.01. The van der Waals surface area contributed by atoms with Gasteiger partial charge in [0, 0.05) is 19.6 Å². The van der Waals surface area contributed by atoms with Gasteiger partial charge >= 0.3 is 0 Å². The van der Waals surface area contributed by atoms with Gasteiger partial charge in [-0.05, 0) is 5.92 Å². The fourth-order valence-electron chi connectivity index (χ4n) is 1.25. The average molecular weight is 226 g/mol. The second-order valence-electron chi connectivity index (χ2n) is 4.22. The maximum absolute atomic E-state index is 5.46. The predicted octanol–water partition coefficient (Wildman–Crippen LogP) is 2.00. The lowest BCUT2D eigenvalue weighted by Crippen LogP contribution is -2.20. The third-order valence-electron chi connectivity index (χ3n) is 2.10. The highest BCUT2D eigenvalue weighted by atomic mass is 16.5. The van der Waals surface area contributed by atoms with Crippen LogP contribution in [-0.2, 0) is 17.7 Å². The van der Waals surface area contributed by atoms with E-state index < -0.39 is 0 Å². The van der Waals surface area contributed by atoms with Crippen molar-refractivity contribution in [2.24, 2.45) is 5.92 Å². The van der Waals surface area contributed by atoms with Crippen LogP contribution in [0, 0.1) is 5.92 Å². The Morgan fingerprint density at radius 3 is 2.94 bits per heavy atom. The van der Waals surface area contributed by atoms with E-state index in [1.807, 2.05) is 0 Å². The van der Waals surface area contributed by atoms with Crippen molar-refractivity contribution < 1.29 is 9.15 Å². The molecule has 1 rings (SSSR count). The Balaban J connectivity index is 2.02. The van der Waals surface area contributed by atoms with Gasteiger partial charge in [0.05, 0.1) is 19.3 Å². The standard InChI is InChI=1S/C12H22N2O2/c1-4-11-7-14-12(16-11)8-13-5-6-15-9-10(2)3/h7,10,13H,4-6,8-9H2,1-3H3. The van der Waals surface area contributed by atoms with E-state index in [0.717, 1.165) is 37.8 Å². The molecule has 0 saturated heterocycles. The summed E-state index contributed by atoms with van der Waals surface area (Å²) in [4.78, 5) is 4.16. The molecule has 1 aromatic rings. The van der Waals surface area contributed by atoms with Crippen molar-refractivity contribution in [2.75, 3.05) is 19.8 Å².